The lowest BCUT2D eigenvalue weighted by Gasteiger charge is -2.32. The molecule has 38 heavy (non-hydrogen) atoms. The van der Waals surface area contributed by atoms with Crippen molar-refractivity contribution in [3.8, 4) is 11.5 Å². The molecule has 6 nitrogen and oxygen atoms in total. The van der Waals surface area contributed by atoms with Crippen molar-refractivity contribution in [3.63, 3.8) is 0 Å². The Kier molecular flexibility index (Phi) is 7.54. The largest absolute Gasteiger partial charge is 0.493 e. The summed E-state index contributed by atoms with van der Waals surface area (Å²) in [5.74, 6) is 1.35. The lowest BCUT2D eigenvalue weighted by Crippen LogP contribution is -2.37. The number of ether oxygens (including phenoxy) is 2. The van der Waals surface area contributed by atoms with E-state index in [9.17, 15) is 4.79 Å². The fraction of sp³-hybridized carbons (Fsp3) is 0.133. The molecule has 8 heteroatoms. The van der Waals surface area contributed by atoms with Gasteiger partial charge in [-0.2, -0.15) is 0 Å². The van der Waals surface area contributed by atoms with Gasteiger partial charge in [0, 0.05) is 28.2 Å². The quantitative estimate of drug-likeness (QED) is 0.229. The van der Waals surface area contributed by atoms with Crippen LogP contribution in [0.2, 0.25) is 10.0 Å². The van der Waals surface area contributed by atoms with Crippen molar-refractivity contribution in [3.05, 3.63) is 118 Å². The van der Waals surface area contributed by atoms with Gasteiger partial charge in [0.25, 0.3) is 0 Å². The van der Waals surface area contributed by atoms with E-state index in [2.05, 4.69) is 0 Å². The third-order valence-electron chi connectivity index (χ3n) is 6.14. The van der Waals surface area contributed by atoms with Crippen molar-refractivity contribution in [1.29, 1.82) is 0 Å². The molecule has 1 heterocycles. The molecule has 192 valence electrons. The minimum atomic E-state index is -0.461. The molecule has 0 bridgehead atoms. The van der Waals surface area contributed by atoms with Gasteiger partial charge in [0.2, 0.25) is 0 Å². The van der Waals surface area contributed by atoms with Gasteiger partial charge in [0.05, 0.1) is 12.8 Å². The number of hydrogen-bond acceptors (Lipinski definition) is 6. The van der Waals surface area contributed by atoms with Crippen molar-refractivity contribution < 1.29 is 14.3 Å². The minimum Gasteiger partial charge on any atom is -0.493 e. The van der Waals surface area contributed by atoms with Gasteiger partial charge >= 0.3 is 0 Å². The first-order valence-corrected chi connectivity index (χ1v) is 12.7. The highest BCUT2D eigenvalue weighted by Gasteiger charge is 2.39. The summed E-state index contributed by atoms with van der Waals surface area (Å²) in [6.07, 6.45) is -0.461. The number of anilines is 2. The summed E-state index contributed by atoms with van der Waals surface area (Å²) in [4.78, 5) is 14.7. The van der Waals surface area contributed by atoms with Crippen LogP contribution in [-0.2, 0) is 11.4 Å². The van der Waals surface area contributed by atoms with Gasteiger partial charge in [0.1, 0.15) is 6.61 Å². The molecule has 4 aromatic rings. The highest BCUT2D eigenvalue weighted by molar-refractivity contribution is 6.44. The Balaban J connectivity index is 1.55. The topological polar surface area (TPSA) is 54.4 Å². The number of hydrogen-bond donors (Lipinski definition) is 0. The number of halogens is 2. The van der Waals surface area contributed by atoms with Gasteiger partial charge in [0.15, 0.2) is 29.3 Å². The van der Waals surface area contributed by atoms with Gasteiger partial charge in [-0.3, -0.25) is 9.69 Å². The van der Waals surface area contributed by atoms with Crippen LogP contribution in [0, 0.1) is 0 Å². The smallest absolute Gasteiger partial charge is 0.198 e. The molecule has 0 fully saturated rings. The number of hydrazone groups is 1. The number of rotatable bonds is 8. The van der Waals surface area contributed by atoms with Crippen molar-refractivity contribution in [2.24, 2.45) is 5.10 Å². The van der Waals surface area contributed by atoms with E-state index in [1.165, 1.54) is 6.92 Å². The first-order valence-electron chi connectivity index (χ1n) is 12.0. The van der Waals surface area contributed by atoms with Gasteiger partial charge < -0.3 is 9.47 Å². The Morgan fingerprint density at radius 1 is 0.842 bits per heavy atom. The molecule has 0 aliphatic carbocycles. The van der Waals surface area contributed by atoms with E-state index in [0.29, 0.717) is 34.0 Å². The third-order valence-corrected chi connectivity index (χ3v) is 6.64. The summed E-state index contributed by atoms with van der Waals surface area (Å²) in [7, 11) is 1.60. The highest BCUT2D eigenvalue weighted by Crippen LogP contribution is 2.41. The molecule has 0 radical (unpaired) electrons. The van der Waals surface area contributed by atoms with Crippen LogP contribution in [0.1, 0.15) is 24.2 Å². The highest BCUT2D eigenvalue weighted by atomic mass is 35.5. The molecule has 1 atom stereocenters. The fourth-order valence-corrected chi connectivity index (χ4v) is 4.56. The number of carbonyl (C=O) groups is 1. The molecule has 1 aliphatic rings. The van der Waals surface area contributed by atoms with Gasteiger partial charge in [-0.05, 0) is 66.2 Å². The molecule has 0 N–H and O–H groups in total. The number of para-hydroxylation sites is 1. The second-order valence-electron chi connectivity index (χ2n) is 8.71. The first-order chi connectivity index (χ1) is 18.4. The number of benzene rings is 4. The lowest BCUT2D eigenvalue weighted by molar-refractivity contribution is -0.111. The lowest BCUT2D eigenvalue weighted by atomic mass is 10.1. The van der Waals surface area contributed by atoms with Crippen LogP contribution in [-0.4, -0.2) is 18.7 Å². The SMILES string of the molecule is COc1cc([C@@H]2N(c3ccc(Cl)cc3)N=C(C(C)=O)N2c2ccccc2)ccc1OCc1ccc(Cl)cc1. The number of nitrogens with zero attached hydrogens (tertiary/aromatic N) is 3. The van der Waals surface area contributed by atoms with E-state index < -0.39 is 6.17 Å². The number of methoxy groups -OCH3 is 1. The Labute approximate surface area is 231 Å². The normalized spacial score (nSPS) is 14.8. The van der Waals surface area contributed by atoms with Crippen LogP contribution < -0.4 is 19.4 Å². The average Bonchev–Trinajstić information content (AvgIpc) is 3.35. The van der Waals surface area contributed by atoms with Crippen molar-refractivity contribution in [2.45, 2.75) is 19.7 Å². The zero-order valence-corrected chi connectivity index (χ0v) is 22.4. The minimum absolute atomic E-state index is 0.148. The summed E-state index contributed by atoms with van der Waals surface area (Å²) in [5.41, 5.74) is 3.48. The van der Waals surface area contributed by atoms with E-state index in [1.807, 2.05) is 94.8 Å². The van der Waals surface area contributed by atoms with Crippen molar-refractivity contribution in [2.75, 3.05) is 17.0 Å². The molecule has 0 spiro atoms. The van der Waals surface area contributed by atoms with Gasteiger partial charge in [-0.25, -0.2) is 5.01 Å². The molecule has 4 aromatic carbocycles. The Bertz CT molecular complexity index is 1460. The average molecular weight is 546 g/mol. The molecule has 0 amide bonds. The summed E-state index contributed by atoms with van der Waals surface area (Å²) in [6, 6.07) is 30.3. The third kappa shape index (κ3) is 5.32. The first kappa shape index (κ1) is 25.6. The summed E-state index contributed by atoms with van der Waals surface area (Å²) < 4.78 is 11.8. The van der Waals surface area contributed by atoms with Gasteiger partial charge in [-0.1, -0.05) is 59.6 Å². The van der Waals surface area contributed by atoms with E-state index in [1.54, 1.807) is 19.2 Å². The second kappa shape index (κ2) is 11.2. The fourth-order valence-electron chi connectivity index (χ4n) is 4.31. The summed E-state index contributed by atoms with van der Waals surface area (Å²) in [6.45, 7) is 1.88. The van der Waals surface area contributed by atoms with Gasteiger partial charge in [-0.15, -0.1) is 5.10 Å². The zero-order chi connectivity index (χ0) is 26.6. The maximum atomic E-state index is 12.8. The number of Topliss-reactive ketones (excluding diaryl/α,β-unsaturated/α-hetero) is 1. The monoisotopic (exact) mass is 545 g/mol. The standard InChI is InChI=1S/C30H25Cl2N3O3/c1-20(36)29-33-35(26-15-13-24(32)14-16-26)30(34(29)25-6-4-3-5-7-25)22-10-17-27(28(18-22)37-2)38-19-21-8-11-23(31)12-9-21/h3-18,30H,19H2,1-2H3/t30-/m0/s1. The van der Waals surface area contributed by atoms with Crippen LogP contribution in [0.4, 0.5) is 11.4 Å². The van der Waals surface area contributed by atoms with Crippen LogP contribution in [0.5, 0.6) is 11.5 Å². The molecule has 0 saturated heterocycles. The predicted molar refractivity (Wildman–Crippen MR) is 152 cm³/mol. The summed E-state index contributed by atoms with van der Waals surface area (Å²) >= 11 is 12.2. The summed E-state index contributed by atoms with van der Waals surface area (Å²) in [5, 5.41) is 7.88. The van der Waals surface area contributed by atoms with Crippen molar-refractivity contribution >= 4 is 46.2 Å². The predicted octanol–water partition coefficient (Wildman–Crippen LogP) is 7.51. The van der Waals surface area contributed by atoms with Crippen LogP contribution in [0.3, 0.4) is 0 Å². The Morgan fingerprint density at radius 3 is 2.13 bits per heavy atom. The van der Waals surface area contributed by atoms with E-state index in [0.717, 1.165) is 22.5 Å². The number of ketones is 1. The molecule has 1 aliphatic heterocycles. The maximum Gasteiger partial charge on any atom is 0.198 e. The number of carbonyl (C=O) groups excluding carboxylic acids is 1. The molecular weight excluding hydrogens is 521 g/mol. The van der Waals surface area contributed by atoms with E-state index in [4.69, 9.17) is 37.8 Å². The Morgan fingerprint density at radius 2 is 1.50 bits per heavy atom. The van der Waals surface area contributed by atoms with E-state index in [-0.39, 0.29) is 5.78 Å². The molecule has 0 saturated carbocycles. The molecule has 0 unspecified atom stereocenters. The molecule has 5 rings (SSSR count). The Hall–Kier alpha value is -4.00. The van der Waals surface area contributed by atoms with Crippen LogP contribution in [0.25, 0.3) is 0 Å². The molecular formula is C30H25Cl2N3O3. The maximum absolute atomic E-state index is 12.8. The van der Waals surface area contributed by atoms with Crippen molar-refractivity contribution in [1.82, 2.24) is 0 Å². The van der Waals surface area contributed by atoms with E-state index >= 15 is 0 Å². The molecule has 0 aromatic heterocycles. The zero-order valence-electron chi connectivity index (χ0n) is 20.8. The van der Waals surface area contributed by atoms with Crippen LogP contribution >= 0.6 is 23.2 Å². The number of amidine groups is 1. The second-order valence-corrected chi connectivity index (χ2v) is 9.58. The van der Waals surface area contributed by atoms with Crippen LogP contribution in [0.15, 0.2) is 102 Å².